The standard InChI is InChI=1S/C17H25N3O3.C2HF3O2/c18-10-5-4-8-15(19)16(21)20-11-9-14(12-20)23-17(22)13-6-2-1-3-7-13;3-2(4,5)1(6)7/h1-3,6-7,14-15H,4-5,8-12,18-19H2;(H,6,7)/t14?,15-;/m0./s1. The van der Waals surface area contributed by atoms with Gasteiger partial charge in [0.25, 0.3) is 0 Å². The Morgan fingerprint density at radius 2 is 1.80 bits per heavy atom. The first-order valence-electron chi connectivity index (χ1n) is 9.36. The van der Waals surface area contributed by atoms with Crippen LogP contribution >= 0.6 is 0 Å². The van der Waals surface area contributed by atoms with Crippen LogP contribution in [0.3, 0.4) is 0 Å². The molecule has 2 rings (SSSR count). The second-order valence-electron chi connectivity index (χ2n) is 6.66. The number of rotatable bonds is 7. The van der Waals surface area contributed by atoms with E-state index in [0.29, 0.717) is 38.0 Å². The topological polar surface area (TPSA) is 136 Å². The summed E-state index contributed by atoms with van der Waals surface area (Å²) in [5.41, 5.74) is 11.9. The smallest absolute Gasteiger partial charge is 0.475 e. The van der Waals surface area contributed by atoms with Gasteiger partial charge in [0.15, 0.2) is 0 Å². The van der Waals surface area contributed by atoms with Crippen molar-refractivity contribution in [3.05, 3.63) is 35.9 Å². The normalized spacial score (nSPS) is 17.0. The fraction of sp³-hybridized carbons (Fsp3) is 0.526. The van der Waals surface area contributed by atoms with Gasteiger partial charge >= 0.3 is 18.1 Å². The first-order valence-corrected chi connectivity index (χ1v) is 9.36. The molecule has 1 fully saturated rings. The van der Waals surface area contributed by atoms with Gasteiger partial charge in [0.2, 0.25) is 5.91 Å². The minimum absolute atomic E-state index is 0.0692. The summed E-state index contributed by atoms with van der Waals surface area (Å²) in [7, 11) is 0. The number of nitrogens with two attached hydrogens (primary N) is 2. The average Bonchev–Trinajstić information content (AvgIpc) is 3.16. The number of carbonyl (C=O) groups excluding carboxylic acids is 2. The number of halogens is 3. The molecule has 1 aliphatic heterocycles. The number of hydrogen-bond donors (Lipinski definition) is 3. The second kappa shape index (κ2) is 12.1. The molecule has 0 aliphatic carbocycles. The molecule has 2 atom stereocenters. The summed E-state index contributed by atoms with van der Waals surface area (Å²) in [5.74, 6) is -3.18. The first-order chi connectivity index (χ1) is 14.1. The largest absolute Gasteiger partial charge is 0.490 e. The van der Waals surface area contributed by atoms with Gasteiger partial charge in [-0.25, -0.2) is 9.59 Å². The number of alkyl halides is 3. The van der Waals surface area contributed by atoms with Crippen LogP contribution in [0.4, 0.5) is 13.2 Å². The number of unbranched alkanes of at least 4 members (excludes halogenated alkanes) is 1. The van der Waals surface area contributed by atoms with Gasteiger partial charge in [0.05, 0.1) is 18.2 Å². The summed E-state index contributed by atoms with van der Waals surface area (Å²) < 4.78 is 37.2. The Hall–Kier alpha value is -2.66. The molecule has 0 saturated carbocycles. The molecule has 1 amide bonds. The molecule has 1 aromatic rings. The van der Waals surface area contributed by atoms with Gasteiger partial charge in [0, 0.05) is 13.0 Å². The van der Waals surface area contributed by atoms with Crippen LogP contribution in [-0.4, -0.2) is 65.8 Å². The highest BCUT2D eigenvalue weighted by Crippen LogP contribution is 2.17. The van der Waals surface area contributed by atoms with E-state index in [9.17, 15) is 22.8 Å². The zero-order valence-corrected chi connectivity index (χ0v) is 16.3. The molecule has 11 heteroatoms. The first kappa shape index (κ1) is 25.4. The van der Waals surface area contributed by atoms with Crippen LogP contribution < -0.4 is 11.5 Å². The van der Waals surface area contributed by atoms with E-state index in [1.165, 1.54) is 0 Å². The Morgan fingerprint density at radius 1 is 1.20 bits per heavy atom. The minimum Gasteiger partial charge on any atom is -0.475 e. The molecule has 1 aromatic carbocycles. The third-order valence-electron chi connectivity index (χ3n) is 4.27. The van der Waals surface area contributed by atoms with Crippen molar-refractivity contribution < 1.29 is 37.4 Å². The zero-order valence-electron chi connectivity index (χ0n) is 16.3. The maximum atomic E-state index is 12.3. The molecule has 5 N–H and O–H groups in total. The van der Waals surface area contributed by atoms with Crippen molar-refractivity contribution in [1.82, 2.24) is 4.90 Å². The minimum atomic E-state index is -5.08. The number of benzene rings is 1. The van der Waals surface area contributed by atoms with Crippen molar-refractivity contribution >= 4 is 17.8 Å². The summed E-state index contributed by atoms with van der Waals surface area (Å²) in [6.07, 6.45) is -2.33. The zero-order chi connectivity index (χ0) is 22.7. The fourth-order valence-electron chi connectivity index (χ4n) is 2.68. The van der Waals surface area contributed by atoms with E-state index in [-0.39, 0.29) is 18.0 Å². The SMILES string of the molecule is NCCCC[C@H](N)C(=O)N1CCC(OC(=O)c2ccccc2)C1.O=C(O)C(F)(F)F. The molecule has 1 aliphatic rings. The van der Waals surface area contributed by atoms with Crippen molar-refractivity contribution in [3.8, 4) is 0 Å². The highest BCUT2D eigenvalue weighted by molar-refractivity contribution is 5.89. The van der Waals surface area contributed by atoms with Gasteiger partial charge in [-0.05, 0) is 31.5 Å². The van der Waals surface area contributed by atoms with E-state index >= 15 is 0 Å². The highest BCUT2D eigenvalue weighted by Gasteiger charge is 2.38. The van der Waals surface area contributed by atoms with Gasteiger partial charge in [0.1, 0.15) is 6.10 Å². The van der Waals surface area contributed by atoms with Crippen LogP contribution in [0.25, 0.3) is 0 Å². The molecule has 0 radical (unpaired) electrons. The molecule has 1 heterocycles. The van der Waals surface area contributed by atoms with Crippen molar-refractivity contribution in [2.45, 2.75) is 44.0 Å². The lowest BCUT2D eigenvalue weighted by Crippen LogP contribution is -2.43. The Morgan fingerprint density at radius 3 is 2.33 bits per heavy atom. The van der Waals surface area contributed by atoms with Crippen LogP contribution in [0.2, 0.25) is 0 Å². The van der Waals surface area contributed by atoms with E-state index in [1.807, 2.05) is 6.07 Å². The summed E-state index contributed by atoms with van der Waals surface area (Å²) in [6.45, 7) is 1.61. The summed E-state index contributed by atoms with van der Waals surface area (Å²) in [4.78, 5) is 34.9. The number of likely N-dealkylation sites (tertiary alicyclic amines) is 1. The van der Waals surface area contributed by atoms with Crippen LogP contribution in [0.15, 0.2) is 30.3 Å². The molecule has 168 valence electrons. The molecular formula is C19H26F3N3O5. The summed E-state index contributed by atoms with van der Waals surface area (Å²) in [5, 5.41) is 7.12. The Kier molecular flexibility index (Phi) is 10.3. The monoisotopic (exact) mass is 433 g/mol. The summed E-state index contributed by atoms with van der Waals surface area (Å²) in [6, 6.07) is 8.37. The average molecular weight is 433 g/mol. The number of hydrogen-bond acceptors (Lipinski definition) is 6. The number of esters is 1. The molecular weight excluding hydrogens is 407 g/mol. The van der Waals surface area contributed by atoms with E-state index in [4.69, 9.17) is 26.1 Å². The maximum absolute atomic E-state index is 12.3. The summed E-state index contributed by atoms with van der Waals surface area (Å²) >= 11 is 0. The van der Waals surface area contributed by atoms with E-state index in [1.54, 1.807) is 29.2 Å². The van der Waals surface area contributed by atoms with E-state index in [0.717, 1.165) is 12.8 Å². The van der Waals surface area contributed by atoms with Gasteiger partial charge in [-0.3, -0.25) is 4.79 Å². The third-order valence-corrected chi connectivity index (χ3v) is 4.27. The quantitative estimate of drug-likeness (QED) is 0.438. The van der Waals surface area contributed by atoms with Crippen LogP contribution in [-0.2, 0) is 14.3 Å². The Balaban J connectivity index is 0.000000553. The van der Waals surface area contributed by atoms with E-state index in [2.05, 4.69) is 0 Å². The van der Waals surface area contributed by atoms with Gasteiger partial charge < -0.3 is 26.2 Å². The highest BCUT2D eigenvalue weighted by atomic mass is 19.4. The van der Waals surface area contributed by atoms with Crippen LogP contribution in [0, 0.1) is 0 Å². The lowest BCUT2D eigenvalue weighted by atomic mass is 10.1. The van der Waals surface area contributed by atoms with E-state index < -0.39 is 18.2 Å². The second-order valence-corrected chi connectivity index (χ2v) is 6.66. The van der Waals surface area contributed by atoms with Crippen molar-refractivity contribution in [1.29, 1.82) is 0 Å². The molecule has 0 bridgehead atoms. The third kappa shape index (κ3) is 8.78. The van der Waals surface area contributed by atoms with Crippen molar-refractivity contribution in [2.24, 2.45) is 11.5 Å². The Bertz CT molecular complexity index is 700. The van der Waals surface area contributed by atoms with Crippen LogP contribution in [0.5, 0.6) is 0 Å². The molecule has 1 saturated heterocycles. The molecule has 1 unspecified atom stereocenters. The predicted octanol–water partition coefficient (Wildman–Crippen LogP) is 1.53. The Labute approximate surface area is 172 Å². The van der Waals surface area contributed by atoms with Crippen LogP contribution in [0.1, 0.15) is 36.0 Å². The fourth-order valence-corrected chi connectivity index (χ4v) is 2.68. The number of ether oxygens (including phenoxy) is 1. The molecule has 30 heavy (non-hydrogen) atoms. The lowest BCUT2D eigenvalue weighted by Gasteiger charge is -2.20. The van der Waals surface area contributed by atoms with Crippen molar-refractivity contribution in [2.75, 3.05) is 19.6 Å². The number of carboxylic acid groups (broad SMARTS) is 1. The number of carboxylic acids is 1. The van der Waals surface area contributed by atoms with Gasteiger partial charge in [-0.2, -0.15) is 13.2 Å². The number of amides is 1. The number of carbonyl (C=O) groups is 3. The molecule has 8 nitrogen and oxygen atoms in total. The number of aliphatic carboxylic acids is 1. The molecule has 0 aromatic heterocycles. The predicted molar refractivity (Wildman–Crippen MR) is 101 cm³/mol. The maximum Gasteiger partial charge on any atom is 0.490 e. The lowest BCUT2D eigenvalue weighted by molar-refractivity contribution is -0.192. The van der Waals surface area contributed by atoms with Gasteiger partial charge in [-0.1, -0.05) is 24.6 Å². The molecule has 0 spiro atoms. The number of nitrogens with zero attached hydrogens (tertiary/aromatic N) is 1. The van der Waals surface area contributed by atoms with Gasteiger partial charge in [-0.15, -0.1) is 0 Å². The van der Waals surface area contributed by atoms with Crippen molar-refractivity contribution in [3.63, 3.8) is 0 Å².